The van der Waals surface area contributed by atoms with Crippen molar-refractivity contribution in [1.29, 1.82) is 0 Å². The molecule has 5 rings (SSSR count). The minimum absolute atomic E-state index is 0.0503. The highest BCUT2D eigenvalue weighted by Crippen LogP contribution is 2.25. The van der Waals surface area contributed by atoms with E-state index in [0.29, 0.717) is 64.2 Å². The normalized spacial score (nSPS) is 23.2. The number of benzene rings is 2. The Hall–Kier alpha value is -4.43. The fourth-order valence-corrected chi connectivity index (χ4v) is 7.72. The Morgan fingerprint density at radius 1 is 0.982 bits per heavy atom. The molecule has 2 saturated heterocycles. The topological polar surface area (TPSA) is 156 Å². The van der Waals surface area contributed by atoms with Gasteiger partial charge >= 0.3 is 6.09 Å². The number of fused-ring (bicyclic) bond motifs is 4. The van der Waals surface area contributed by atoms with Crippen LogP contribution < -0.4 is 20.7 Å². The zero-order valence-corrected chi connectivity index (χ0v) is 34.3. The van der Waals surface area contributed by atoms with Gasteiger partial charge in [-0.15, -0.1) is 0 Å². The zero-order chi connectivity index (χ0) is 40.2. The minimum Gasteiger partial charge on any atom is -0.494 e. The average Bonchev–Trinajstić information content (AvgIpc) is 3.17. The third kappa shape index (κ3) is 12.8. The van der Waals surface area contributed by atoms with E-state index < -0.39 is 35.0 Å². The summed E-state index contributed by atoms with van der Waals surface area (Å²) in [5.74, 6) is -0.873. The molecule has 0 saturated carbocycles. The van der Waals surface area contributed by atoms with Crippen molar-refractivity contribution in [3.05, 3.63) is 65.2 Å². The summed E-state index contributed by atoms with van der Waals surface area (Å²) in [6, 6.07) is 13.2. The molecule has 3 aliphatic heterocycles. The number of nitrogens with one attached hydrogen (secondary N) is 3. The summed E-state index contributed by atoms with van der Waals surface area (Å²) >= 11 is 0. The number of hydrogen-bond donors (Lipinski definition) is 3. The van der Waals surface area contributed by atoms with Gasteiger partial charge in [0.05, 0.1) is 24.9 Å². The second kappa shape index (κ2) is 20.1. The van der Waals surface area contributed by atoms with Gasteiger partial charge in [-0.3, -0.25) is 19.2 Å². The smallest absolute Gasteiger partial charge is 0.410 e. The highest BCUT2D eigenvalue weighted by Gasteiger charge is 2.37. The standard InChI is InChI=1S/C42H58N5O8Si/c1-28-12-14-33-25-31(28)26-43-38(49)34(15-13-29-9-6-5-7-10-29)44-39(50)36(37(56)40(51)47-20-8-11-30(27-47)18-23-54-33)45-35(48)19-24-53-32-16-21-46(22-17-32)41(52)55-42(2,3)4/h5-7,9-10,12,14,25,30,32,34,36-37H,8,11,13,15-24,26-27H2,1-4H3,(H,43,49)(H,44,50)(H,45,48)/t30?,34-,36-,37?/m0/s1. The van der Waals surface area contributed by atoms with E-state index in [1.54, 1.807) is 9.80 Å². The summed E-state index contributed by atoms with van der Waals surface area (Å²) in [4.78, 5) is 71.4. The lowest BCUT2D eigenvalue weighted by Gasteiger charge is -2.36. The van der Waals surface area contributed by atoms with E-state index >= 15 is 0 Å². The number of rotatable bonds is 8. The molecular weight excluding hydrogens is 731 g/mol. The number of piperidine rings is 2. The summed E-state index contributed by atoms with van der Waals surface area (Å²) in [5.41, 5.74) is 1.23. The minimum atomic E-state index is -1.31. The van der Waals surface area contributed by atoms with Crippen LogP contribution in [0, 0.1) is 12.8 Å². The van der Waals surface area contributed by atoms with Gasteiger partial charge in [-0.05, 0) is 107 Å². The molecule has 303 valence electrons. The molecular formula is C42H58N5O8Si. The molecule has 56 heavy (non-hydrogen) atoms. The van der Waals surface area contributed by atoms with Crippen LogP contribution in [0.1, 0.15) is 82.4 Å². The third-order valence-corrected chi connectivity index (χ3v) is 11.2. The zero-order valence-electron chi connectivity index (χ0n) is 33.3. The van der Waals surface area contributed by atoms with Gasteiger partial charge in [0.1, 0.15) is 23.4 Å². The summed E-state index contributed by atoms with van der Waals surface area (Å²) in [6.45, 7) is 10.3. The molecule has 2 aromatic carbocycles. The first-order chi connectivity index (χ1) is 26.8. The molecule has 2 unspecified atom stereocenters. The average molecular weight is 789 g/mol. The predicted molar refractivity (Wildman–Crippen MR) is 212 cm³/mol. The molecule has 14 heteroatoms. The number of amides is 5. The second-order valence-corrected chi connectivity index (χ2v) is 16.8. The van der Waals surface area contributed by atoms with E-state index in [9.17, 15) is 24.0 Å². The highest BCUT2D eigenvalue weighted by atomic mass is 28.1. The van der Waals surface area contributed by atoms with E-state index in [0.717, 1.165) is 36.0 Å². The Labute approximate surface area is 334 Å². The number of aryl methyl sites for hydroxylation is 2. The van der Waals surface area contributed by atoms with E-state index in [-0.39, 0.29) is 49.5 Å². The van der Waals surface area contributed by atoms with Gasteiger partial charge in [0.15, 0.2) is 0 Å². The maximum absolute atomic E-state index is 14.2. The van der Waals surface area contributed by atoms with Crippen molar-refractivity contribution in [1.82, 2.24) is 25.8 Å². The molecule has 4 bridgehead atoms. The molecule has 0 aliphatic carbocycles. The van der Waals surface area contributed by atoms with Crippen molar-refractivity contribution >= 4 is 40.0 Å². The van der Waals surface area contributed by atoms with Crippen molar-refractivity contribution < 1.29 is 38.2 Å². The number of ether oxygens (including phenoxy) is 3. The quantitative estimate of drug-likeness (QED) is 0.340. The molecule has 3 heterocycles. The van der Waals surface area contributed by atoms with Gasteiger partial charge in [-0.2, -0.15) is 0 Å². The van der Waals surface area contributed by atoms with Gasteiger partial charge in [0, 0.05) is 49.4 Å². The highest BCUT2D eigenvalue weighted by molar-refractivity contribution is 6.26. The van der Waals surface area contributed by atoms with E-state index in [1.807, 2.05) is 76.2 Å². The lowest BCUT2D eigenvalue weighted by atomic mass is 9.94. The van der Waals surface area contributed by atoms with Gasteiger partial charge in [-0.1, -0.05) is 36.4 Å². The summed E-state index contributed by atoms with van der Waals surface area (Å²) in [5, 5.41) is 8.69. The Kier molecular flexibility index (Phi) is 15.3. The number of carbonyl (C=O) groups excluding carboxylic acids is 5. The fourth-order valence-electron chi connectivity index (χ4n) is 7.30. The van der Waals surface area contributed by atoms with Crippen LogP contribution in [0.15, 0.2) is 48.5 Å². The molecule has 2 aromatic rings. The van der Waals surface area contributed by atoms with Crippen LogP contribution in [0.5, 0.6) is 5.75 Å². The molecule has 3 radical (unpaired) electrons. The predicted octanol–water partition coefficient (Wildman–Crippen LogP) is 4.00. The molecule has 3 N–H and O–H groups in total. The Morgan fingerprint density at radius 2 is 1.73 bits per heavy atom. The summed E-state index contributed by atoms with van der Waals surface area (Å²) in [6.07, 6.45) is 3.97. The number of likely N-dealkylation sites (tertiary alicyclic amines) is 1. The SMILES string of the molecule is Cc1ccc2cc1CNC(=O)[C@H](CCc1ccccc1)NC(=O)[C@@H](NC(=O)CCOC1CCN(C(=O)OC(C)(C)C)CC1)C([Si])C(=O)N1CCCC(CCO2)C1. The summed E-state index contributed by atoms with van der Waals surface area (Å²) in [7, 11) is 3.59. The van der Waals surface area contributed by atoms with Crippen LogP contribution >= 0.6 is 0 Å². The molecule has 0 spiro atoms. The largest absolute Gasteiger partial charge is 0.494 e. The lowest BCUT2D eigenvalue weighted by Crippen LogP contribution is -2.57. The van der Waals surface area contributed by atoms with Crippen LogP contribution in [0.2, 0.25) is 5.54 Å². The first-order valence-corrected chi connectivity index (χ1v) is 20.6. The van der Waals surface area contributed by atoms with Crippen molar-refractivity contribution in [2.75, 3.05) is 39.4 Å². The van der Waals surface area contributed by atoms with E-state index in [1.165, 1.54) is 0 Å². The monoisotopic (exact) mass is 788 g/mol. The molecule has 3 aliphatic rings. The molecule has 2 fully saturated rings. The molecule has 13 nitrogen and oxygen atoms in total. The van der Waals surface area contributed by atoms with Gasteiger partial charge in [0.25, 0.3) is 0 Å². The van der Waals surface area contributed by atoms with Crippen LogP contribution in [0.25, 0.3) is 0 Å². The van der Waals surface area contributed by atoms with E-state index in [4.69, 9.17) is 14.2 Å². The van der Waals surface area contributed by atoms with Crippen molar-refractivity contribution in [2.24, 2.45) is 5.92 Å². The fraction of sp³-hybridized carbons (Fsp3) is 0.595. The lowest BCUT2D eigenvalue weighted by molar-refractivity contribution is -0.138. The number of carbonyl (C=O) groups is 5. The Balaban J connectivity index is 1.29. The molecule has 5 amide bonds. The molecule has 4 atom stereocenters. The van der Waals surface area contributed by atoms with Gasteiger partial charge in [0.2, 0.25) is 23.6 Å². The van der Waals surface area contributed by atoms with Crippen LogP contribution in [0.3, 0.4) is 0 Å². The maximum atomic E-state index is 14.2. The van der Waals surface area contributed by atoms with Crippen molar-refractivity contribution in [3.63, 3.8) is 0 Å². The molecule has 0 aromatic heterocycles. The second-order valence-electron chi connectivity index (χ2n) is 16.1. The first kappa shape index (κ1) is 42.7. The Bertz CT molecular complexity index is 1660. The summed E-state index contributed by atoms with van der Waals surface area (Å²) < 4.78 is 17.6. The van der Waals surface area contributed by atoms with Crippen LogP contribution in [0.4, 0.5) is 4.79 Å². The van der Waals surface area contributed by atoms with Gasteiger partial charge < -0.3 is 40.0 Å². The van der Waals surface area contributed by atoms with Crippen LogP contribution in [-0.4, -0.2) is 113 Å². The third-order valence-electron chi connectivity index (χ3n) is 10.6. The van der Waals surface area contributed by atoms with Gasteiger partial charge in [-0.25, -0.2) is 4.79 Å². The Morgan fingerprint density at radius 3 is 2.46 bits per heavy atom. The van der Waals surface area contributed by atoms with Crippen molar-refractivity contribution in [3.8, 4) is 5.75 Å². The first-order valence-electron chi connectivity index (χ1n) is 20.0. The van der Waals surface area contributed by atoms with Crippen LogP contribution in [-0.2, 0) is 41.6 Å². The number of nitrogens with zero attached hydrogens (tertiary/aromatic N) is 2. The number of hydrogen-bond acceptors (Lipinski definition) is 8. The van der Waals surface area contributed by atoms with Crippen molar-refractivity contribution in [2.45, 2.75) is 115 Å². The van der Waals surface area contributed by atoms with E-state index in [2.05, 4.69) is 26.2 Å². The maximum Gasteiger partial charge on any atom is 0.410 e.